The van der Waals surface area contributed by atoms with Gasteiger partial charge in [-0.15, -0.1) is 0 Å². The van der Waals surface area contributed by atoms with Crippen molar-refractivity contribution < 1.29 is 29.0 Å². The second kappa shape index (κ2) is 8.56. The van der Waals surface area contributed by atoms with Gasteiger partial charge in [0.25, 0.3) is 0 Å². The van der Waals surface area contributed by atoms with Crippen molar-refractivity contribution in [3.05, 3.63) is 58.7 Å². The van der Waals surface area contributed by atoms with Gasteiger partial charge in [-0.1, -0.05) is 12.1 Å². The van der Waals surface area contributed by atoms with Gasteiger partial charge in [0.15, 0.2) is 0 Å². The number of esters is 2. The van der Waals surface area contributed by atoms with Gasteiger partial charge in [-0.2, -0.15) is 0 Å². The summed E-state index contributed by atoms with van der Waals surface area (Å²) in [6.07, 6.45) is 0. The Balaban J connectivity index is 2.74. The van der Waals surface area contributed by atoms with Crippen molar-refractivity contribution in [1.29, 1.82) is 0 Å². The number of rotatable bonds is 6. The average Bonchev–Trinajstić information content (AvgIpc) is 2.67. The van der Waals surface area contributed by atoms with E-state index in [2.05, 4.69) is 0 Å². The number of aromatic hydroxyl groups is 1. The van der Waals surface area contributed by atoms with E-state index in [1.54, 1.807) is 43.3 Å². The number of hydrogen-bond donors (Lipinski definition) is 1. The number of hydrogen-bond acceptors (Lipinski definition) is 7. The Labute approximate surface area is 163 Å². The van der Waals surface area contributed by atoms with Gasteiger partial charge < -0.3 is 19.5 Å². The molecule has 1 atom stereocenters. The van der Waals surface area contributed by atoms with E-state index >= 15 is 0 Å². The van der Waals surface area contributed by atoms with Crippen LogP contribution in [0, 0.1) is 0 Å². The molecule has 0 spiro atoms. The Morgan fingerprint density at radius 3 is 2.18 bits per heavy atom. The second-order valence-electron chi connectivity index (χ2n) is 6.47. The first-order valence-electron chi connectivity index (χ1n) is 8.52. The van der Waals surface area contributed by atoms with Crippen molar-refractivity contribution in [1.82, 2.24) is 0 Å². The maximum Gasteiger partial charge on any atom is 0.341 e. The summed E-state index contributed by atoms with van der Waals surface area (Å²) in [7, 11) is 6.02. The first-order valence-corrected chi connectivity index (χ1v) is 8.52. The fourth-order valence-corrected chi connectivity index (χ4v) is 3.08. The molecule has 0 saturated heterocycles. The molecule has 0 bridgehead atoms. The number of ketones is 1. The first kappa shape index (κ1) is 21.0. The lowest BCUT2D eigenvalue weighted by Crippen LogP contribution is -2.19. The monoisotopic (exact) mass is 385 g/mol. The van der Waals surface area contributed by atoms with Crippen LogP contribution in [0.2, 0.25) is 0 Å². The van der Waals surface area contributed by atoms with Gasteiger partial charge in [-0.25, -0.2) is 9.59 Å². The van der Waals surface area contributed by atoms with Crippen LogP contribution in [-0.2, 0) is 14.3 Å². The van der Waals surface area contributed by atoms with Crippen molar-refractivity contribution in [2.45, 2.75) is 12.8 Å². The number of phenols is 1. The summed E-state index contributed by atoms with van der Waals surface area (Å²) >= 11 is 0. The van der Waals surface area contributed by atoms with Crippen LogP contribution in [0.1, 0.15) is 44.7 Å². The molecule has 0 amide bonds. The third-order valence-electron chi connectivity index (χ3n) is 4.39. The van der Waals surface area contributed by atoms with E-state index in [0.29, 0.717) is 22.4 Å². The molecule has 0 fully saturated rings. The summed E-state index contributed by atoms with van der Waals surface area (Å²) in [5.41, 5.74) is 1.91. The molecule has 1 unspecified atom stereocenters. The number of anilines is 1. The molecule has 1 N–H and O–H groups in total. The molecule has 2 aromatic rings. The van der Waals surface area contributed by atoms with E-state index in [-0.39, 0.29) is 17.1 Å². The van der Waals surface area contributed by atoms with Gasteiger partial charge in [-0.05, 0) is 36.2 Å². The number of carbonyl (C=O) groups is 3. The summed E-state index contributed by atoms with van der Waals surface area (Å²) in [5, 5.41) is 10.2. The van der Waals surface area contributed by atoms with Crippen LogP contribution >= 0.6 is 0 Å². The quantitative estimate of drug-likeness (QED) is 0.764. The number of carbonyl (C=O) groups excluding carboxylic acids is 3. The number of Topliss-reactive ketones (excluding diaryl/α,β-unsaturated/α-hetero) is 1. The molecule has 2 rings (SSSR count). The third kappa shape index (κ3) is 4.14. The van der Waals surface area contributed by atoms with Crippen LogP contribution in [0.4, 0.5) is 5.69 Å². The summed E-state index contributed by atoms with van der Waals surface area (Å²) in [4.78, 5) is 38.2. The van der Waals surface area contributed by atoms with Gasteiger partial charge in [0, 0.05) is 25.8 Å². The zero-order chi connectivity index (χ0) is 21.0. The zero-order valence-electron chi connectivity index (χ0n) is 16.5. The number of phenolic OH excluding ortho intramolecular Hbond substituents is 1. The standard InChI is InChI=1S/C21H23NO6/c1-12(23)19(13-7-6-8-14(9-13)20(25)27-4)15-10-16(21(26)28-5)18(24)11-17(15)22(2)3/h6-11,19,24H,1-5H3. The van der Waals surface area contributed by atoms with E-state index in [4.69, 9.17) is 9.47 Å². The summed E-state index contributed by atoms with van der Waals surface area (Å²) < 4.78 is 9.48. The minimum atomic E-state index is -0.758. The summed E-state index contributed by atoms with van der Waals surface area (Å²) in [5.74, 6) is -2.42. The Kier molecular flexibility index (Phi) is 6.41. The van der Waals surface area contributed by atoms with Crippen molar-refractivity contribution in [2.24, 2.45) is 0 Å². The number of benzene rings is 2. The Bertz CT molecular complexity index is 919. The number of nitrogens with zero attached hydrogens (tertiary/aromatic N) is 1. The average molecular weight is 385 g/mol. The largest absolute Gasteiger partial charge is 0.507 e. The molecule has 0 aromatic heterocycles. The van der Waals surface area contributed by atoms with Crippen LogP contribution in [0.5, 0.6) is 5.75 Å². The van der Waals surface area contributed by atoms with E-state index in [1.165, 1.54) is 33.3 Å². The predicted octanol–water partition coefficient (Wildman–Crippen LogP) is 2.75. The SMILES string of the molecule is COC(=O)c1cccc(C(C(C)=O)c2cc(C(=O)OC)c(O)cc2N(C)C)c1. The van der Waals surface area contributed by atoms with E-state index in [0.717, 1.165) is 0 Å². The van der Waals surface area contributed by atoms with Gasteiger partial charge in [0.2, 0.25) is 0 Å². The van der Waals surface area contributed by atoms with Gasteiger partial charge in [-0.3, -0.25) is 4.79 Å². The molecule has 0 radical (unpaired) electrons. The van der Waals surface area contributed by atoms with Gasteiger partial charge in [0.1, 0.15) is 17.1 Å². The Hall–Kier alpha value is -3.35. The number of ether oxygens (including phenoxy) is 2. The van der Waals surface area contributed by atoms with Crippen molar-refractivity contribution in [3.8, 4) is 5.75 Å². The molecule has 0 heterocycles. The van der Waals surface area contributed by atoms with Crippen molar-refractivity contribution in [2.75, 3.05) is 33.2 Å². The van der Waals surface area contributed by atoms with E-state index < -0.39 is 17.9 Å². The highest BCUT2D eigenvalue weighted by atomic mass is 16.5. The Morgan fingerprint density at radius 2 is 1.64 bits per heavy atom. The van der Waals surface area contributed by atoms with Crippen LogP contribution in [0.3, 0.4) is 0 Å². The van der Waals surface area contributed by atoms with Crippen LogP contribution in [-0.4, -0.2) is 51.1 Å². The molecule has 7 heteroatoms. The zero-order valence-corrected chi connectivity index (χ0v) is 16.5. The van der Waals surface area contributed by atoms with E-state index in [9.17, 15) is 19.5 Å². The molecule has 148 valence electrons. The normalized spacial score (nSPS) is 11.5. The predicted molar refractivity (Wildman–Crippen MR) is 104 cm³/mol. The molecule has 0 aliphatic carbocycles. The third-order valence-corrected chi connectivity index (χ3v) is 4.39. The van der Waals surface area contributed by atoms with Crippen LogP contribution in [0.15, 0.2) is 36.4 Å². The highest BCUT2D eigenvalue weighted by Crippen LogP contribution is 2.37. The maximum absolute atomic E-state index is 12.6. The lowest BCUT2D eigenvalue weighted by Gasteiger charge is -2.24. The molecule has 0 saturated carbocycles. The molecular formula is C21H23NO6. The molecule has 2 aromatic carbocycles. The van der Waals surface area contributed by atoms with Crippen LogP contribution < -0.4 is 4.90 Å². The van der Waals surface area contributed by atoms with Crippen molar-refractivity contribution >= 4 is 23.4 Å². The minimum Gasteiger partial charge on any atom is -0.507 e. The lowest BCUT2D eigenvalue weighted by molar-refractivity contribution is -0.117. The molecule has 0 aliphatic heterocycles. The second-order valence-corrected chi connectivity index (χ2v) is 6.47. The van der Waals surface area contributed by atoms with Gasteiger partial charge >= 0.3 is 11.9 Å². The molecular weight excluding hydrogens is 362 g/mol. The highest BCUT2D eigenvalue weighted by molar-refractivity contribution is 5.96. The number of methoxy groups -OCH3 is 2. The van der Waals surface area contributed by atoms with Crippen molar-refractivity contribution in [3.63, 3.8) is 0 Å². The Morgan fingerprint density at radius 1 is 1.00 bits per heavy atom. The molecule has 0 aliphatic rings. The fourth-order valence-electron chi connectivity index (χ4n) is 3.08. The highest BCUT2D eigenvalue weighted by Gasteiger charge is 2.27. The fraction of sp³-hybridized carbons (Fsp3) is 0.286. The smallest absolute Gasteiger partial charge is 0.341 e. The van der Waals surface area contributed by atoms with Gasteiger partial charge in [0.05, 0.1) is 25.7 Å². The summed E-state index contributed by atoms with van der Waals surface area (Å²) in [6, 6.07) is 9.43. The molecule has 28 heavy (non-hydrogen) atoms. The first-order chi connectivity index (χ1) is 13.2. The lowest BCUT2D eigenvalue weighted by atomic mass is 9.85. The maximum atomic E-state index is 12.6. The van der Waals surface area contributed by atoms with E-state index in [1.807, 2.05) is 0 Å². The minimum absolute atomic E-state index is 0.0431. The topological polar surface area (TPSA) is 93.1 Å². The molecule has 7 nitrogen and oxygen atoms in total. The summed E-state index contributed by atoms with van der Waals surface area (Å²) in [6.45, 7) is 1.43. The van der Waals surface area contributed by atoms with Crippen LogP contribution in [0.25, 0.3) is 0 Å².